The van der Waals surface area contributed by atoms with Crippen LogP contribution in [0, 0.1) is 11.8 Å². The minimum Gasteiger partial charge on any atom is -0.444 e. The monoisotopic (exact) mass is 489 g/mol. The van der Waals surface area contributed by atoms with Gasteiger partial charge in [-0.15, -0.1) is 0 Å². The fourth-order valence-electron chi connectivity index (χ4n) is 4.66. The maximum Gasteiger partial charge on any atom is 0.407 e. The first kappa shape index (κ1) is 29.1. The van der Waals surface area contributed by atoms with Crippen molar-refractivity contribution < 1.29 is 19.4 Å². The van der Waals surface area contributed by atoms with Gasteiger partial charge in [-0.25, -0.2) is 4.79 Å². The lowest BCUT2D eigenvalue weighted by Gasteiger charge is -2.33. The SMILES string of the molecule is CC(C)CCC[C@H](C)N1C(=O)[C@H]([C@@H](O)[C@H](Cc2ccccc2)NC(=O)OC(C)(C)C)NC1C(C)C. The van der Waals surface area contributed by atoms with Gasteiger partial charge in [0.05, 0.1) is 18.3 Å². The number of benzene rings is 1. The molecular formula is C28H47N3O4. The van der Waals surface area contributed by atoms with E-state index >= 15 is 0 Å². The molecule has 7 heteroatoms. The number of amides is 2. The molecule has 5 atom stereocenters. The Morgan fingerprint density at radius 3 is 2.29 bits per heavy atom. The fourth-order valence-corrected chi connectivity index (χ4v) is 4.66. The summed E-state index contributed by atoms with van der Waals surface area (Å²) in [4.78, 5) is 28.2. The molecule has 2 amide bonds. The van der Waals surface area contributed by atoms with Crippen LogP contribution in [0.15, 0.2) is 30.3 Å². The van der Waals surface area contributed by atoms with Gasteiger partial charge in [0.25, 0.3) is 0 Å². The lowest BCUT2D eigenvalue weighted by Crippen LogP contribution is -2.55. The van der Waals surface area contributed by atoms with E-state index in [4.69, 9.17) is 4.74 Å². The van der Waals surface area contributed by atoms with Crippen molar-refractivity contribution in [2.45, 2.75) is 117 Å². The highest BCUT2D eigenvalue weighted by molar-refractivity contribution is 5.85. The van der Waals surface area contributed by atoms with Crippen molar-refractivity contribution >= 4 is 12.0 Å². The highest BCUT2D eigenvalue weighted by Gasteiger charge is 2.47. The van der Waals surface area contributed by atoms with Crippen molar-refractivity contribution in [3.05, 3.63) is 35.9 Å². The van der Waals surface area contributed by atoms with Crippen LogP contribution in [0.1, 0.15) is 80.2 Å². The summed E-state index contributed by atoms with van der Waals surface area (Å²) in [7, 11) is 0. The van der Waals surface area contributed by atoms with Gasteiger partial charge in [0, 0.05) is 6.04 Å². The largest absolute Gasteiger partial charge is 0.444 e. The first-order chi connectivity index (χ1) is 16.3. The van der Waals surface area contributed by atoms with Crippen molar-refractivity contribution in [1.29, 1.82) is 0 Å². The second-order valence-electron chi connectivity index (χ2n) is 11.7. The van der Waals surface area contributed by atoms with Crippen LogP contribution in [0.5, 0.6) is 0 Å². The minimum atomic E-state index is -1.12. The molecule has 1 aromatic rings. The molecule has 0 saturated carbocycles. The molecule has 1 fully saturated rings. The summed E-state index contributed by atoms with van der Waals surface area (Å²) in [5, 5.41) is 17.7. The zero-order chi connectivity index (χ0) is 26.3. The van der Waals surface area contributed by atoms with Crippen molar-refractivity contribution in [2.24, 2.45) is 11.8 Å². The van der Waals surface area contributed by atoms with Gasteiger partial charge in [0.15, 0.2) is 0 Å². The number of rotatable bonds is 11. The van der Waals surface area contributed by atoms with E-state index in [-0.39, 0.29) is 24.0 Å². The Labute approximate surface area is 212 Å². The van der Waals surface area contributed by atoms with Crippen molar-refractivity contribution in [3.63, 3.8) is 0 Å². The van der Waals surface area contributed by atoms with Crippen LogP contribution in [0.2, 0.25) is 0 Å². The number of carbonyl (C=O) groups excluding carboxylic acids is 2. The molecule has 1 unspecified atom stereocenters. The Bertz CT molecular complexity index is 806. The van der Waals surface area contributed by atoms with Gasteiger partial charge in [-0.2, -0.15) is 0 Å². The molecule has 2 rings (SSSR count). The molecule has 7 nitrogen and oxygen atoms in total. The normalized spacial score (nSPS) is 21.3. The van der Waals surface area contributed by atoms with Crippen molar-refractivity contribution in [1.82, 2.24) is 15.5 Å². The molecule has 0 aromatic heterocycles. The van der Waals surface area contributed by atoms with E-state index in [9.17, 15) is 14.7 Å². The quantitative estimate of drug-likeness (QED) is 0.426. The second-order valence-corrected chi connectivity index (χ2v) is 11.7. The molecule has 1 heterocycles. The summed E-state index contributed by atoms with van der Waals surface area (Å²) in [5.74, 6) is 0.690. The van der Waals surface area contributed by atoms with Gasteiger partial charge in [0.2, 0.25) is 5.91 Å². The molecule has 35 heavy (non-hydrogen) atoms. The number of nitrogens with zero attached hydrogens (tertiary/aromatic N) is 1. The Morgan fingerprint density at radius 1 is 1.11 bits per heavy atom. The molecule has 0 bridgehead atoms. The van der Waals surface area contributed by atoms with E-state index in [0.29, 0.717) is 12.3 Å². The number of nitrogens with one attached hydrogen (secondary N) is 2. The average molecular weight is 490 g/mol. The van der Waals surface area contributed by atoms with E-state index in [1.54, 1.807) is 20.8 Å². The topological polar surface area (TPSA) is 90.9 Å². The van der Waals surface area contributed by atoms with E-state index in [0.717, 1.165) is 24.8 Å². The van der Waals surface area contributed by atoms with Gasteiger partial charge in [-0.1, -0.05) is 70.9 Å². The molecule has 1 aliphatic rings. The van der Waals surface area contributed by atoms with Crippen LogP contribution in [0.25, 0.3) is 0 Å². The van der Waals surface area contributed by atoms with E-state index in [2.05, 4.69) is 45.3 Å². The van der Waals surface area contributed by atoms with E-state index in [1.807, 2.05) is 35.2 Å². The number of alkyl carbamates (subject to hydrolysis) is 1. The summed E-state index contributed by atoms with van der Waals surface area (Å²) < 4.78 is 5.45. The number of carbonyl (C=O) groups is 2. The van der Waals surface area contributed by atoms with Crippen LogP contribution < -0.4 is 10.6 Å². The smallest absolute Gasteiger partial charge is 0.407 e. The molecule has 0 spiro atoms. The van der Waals surface area contributed by atoms with Crippen molar-refractivity contribution in [2.75, 3.05) is 0 Å². The third-order valence-electron chi connectivity index (χ3n) is 6.43. The van der Waals surface area contributed by atoms with Gasteiger partial charge in [-0.3, -0.25) is 10.1 Å². The first-order valence-electron chi connectivity index (χ1n) is 13.1. The summed E-state index contributed by atoms with van der Waals surface area (Å²) in [6, 6.07) is 8.20. The second kappa shape index (κ2) is 12.7. The predicted molar refractivity (Wildman–Crippen MR) is 140 cm³/mol. The van der Waals surface area contributed by atoms with Crippen LogP contribution in [0.3, 0.4) is 0 Å². The lowest BCUT2D eigenvalue weighted by molar-refractivity contribution is -0.134. The molecule has 1 saturated heterocycles. The summed E-state index contributed by atoms with van der Waals surface area (Å²) in [6.45, 7) is 16.0. The Balaban J connectivity index is 2.23. The highest BCUT2D eigenvalue weighted by Crippen LogP contribution is 2.26. The predicted octanol–water partition coefficient (Wildman–Crippen LogP) is 4.48. The third-order valence-corrected chi connectivity index (χ3v) is 6.43. The third kappa shape index (κ3) is 8.80. The lowest BCUT2D eigenvalue weighted by atomic mass is 9.96. The average Bonchev–Trinajstić information content (AvgIpc) is 3.09. The van der Waals surface area contributed by atoms with E-state index < -0.39 is 29.9 Å². The molecular weight excluding hydrogens is 442 g/mol. The maximum atomic E-state index is 13.6. The Morgan fingerprint density at radius 2 is 1.74 bits per heavy atom. The standard InChI is InChI=1S/C28H47N3O4/c1-18(2)13-12-14-20(5)31-25(19(3)4)30-23(26(31)33)24(32)22(17-21-15-10-9-11-16-21)29-27(34)35-28(6,7)8/h9-11,15-16,18-20,22-25,30,32H,12-14,17H2,1-8H3,(H,29,34)/t20-,22-,23-,24-,25?/m0/s1. The Kier molecular flexibility index (Phi) is 10.6. The number of hydrogen-bond acceptors (Lipinski definition) is 5. The fraction of sp³-hybridized carbons (Fsp3) is 0.714. The van der Waals surface area contributed by atoms with Gasteiger partial charge in [0.1, 0.15) is 11.6 Å². The molecule has 0 radical (unpaired) electrons. The van der Waals surface area contributed by atoms with Crippen LogP contribution in [-0.2, 0) is 16.0 Å². The summed E-state index contributed by atoms with van der Waals surface area (Å²) in [5.41, 5.74) is 0.288. The van der Waals surface area contributed by atoms with Crippen LogP contribution in [0.4, 0.5) is 4.79 Å². The van der Waals surface area contributed by atoms with Crippen molar-refractivity contribution in [3.8, 4) is 0 Å². The van der Waals surface area contributed by atoms with Crippen LogP contribution >= 0.6 is 0 Å². The summed E-state index contributed by atoms with van der Waals surface area (Å²) >= 11 is 0. The molecule has 198 valence electrons. The van der Waals surface area contributed by atoms with Gasteiger partial charge in [-0.05, 0) is 57.9 Å². The number of aliphatic hydroxyl groups is 1. The highest BCUT2D eigenvalue weighted by atomic mass is 16.6. The maximum absolute atomic E-state index is 13.6. The summed E-state index contributed by atoms with van der Waals surface area (Å²) in [6.07, 6.45) is 1.57. The number of ether oxygens (including phenoxy) is 1. The van der Waals surface area contributed by atoms with Crippen LogP contribution in [-0.4, -0.2) is 58.0 Å². The molecule has 3 N–H and O–H groups in total. The molecule has 1 aliphatic heterocycles. The zero-order valence-corrected chi connectivity index (χ0v) is 22.9. The van der Waals surface area contributed by atoms with Gasteiger partial charge < -0.3 is 20.1 Å². The van der Waals surface area contributed by atoms with E-state index in [1.165, 1.54) is 0 Å². The molecule has 0 aliphatic carbocycles. The zero-order valence-electron chi connectivity index (χ0n) is 22.9. The Hall–Kier alpha value is -2.12. The first-order valence-corrected chi connectivity index (χ1v) is 13.1. The molecule has 1 aromatic carbocycles. The number of hydrogen-bond donors (Lipinski definition) is 3. The van der Waals surface area contributed by atoms with Gasteiger partial charge >= 0.3 is 6.09 Å². The minimum absolute atomic E-state index is 0.0599. The number of aliphatic hydroxyl groups excluding tert-OH is 1.